The molecule has 126 valence electrons. The van der Waals surface area contributed by atoms with Gasteiger partial charge < -0.3 is 9.47 Å². The van der Waals surface area contributed by atoms with Gasteiger partial charge >= 0.3 is 11.9 Å². The minimum absolute atomic E-state index is 0.136. The van der Waals surface area contributed by atoms with Crippen LogP contribution in [-0.4, -0.2) is 31.9 Å². The van der Waals surface area contributed by atoms with Gasteiger partial charge in [-0.25, -0.2) is 9.59 Å². The molecule has 0 aromatic heterocycles. The Balaban J connectivity index is 1.92. The first-order valence-corrected chi connectivity index (χ1v) is 8.20. The lowest BCUT2D eigenvalue weighted by Gasteiger charge is -2.03. The molecule has 3 rings (SSSR count). The summed E-state index contributed by atoms with van der Waals surface area (Å²) in [5, 5.41) is 0. The summed E-state index contributed by atoms with van der Waals surface area (Å²) >= 11 is 1.24. The molecule has 1 heterocycles. The highest BCUT2D eigenvalue weighted by Gasteiger charge is 2.30. The number of ether oxygens (including phenoxy) is 2. The molecule has 1 aliphatic rings. The largest absolute Gasteiger partial charge is 0.465 e. The molecule has 0 saturated carbocycles. The second-order valence-electron chi connectivity index (χ2n) is 5.23. The first-order chi connectivity index (χ1) is 12.0. The average Bonchev–Trinajstić information content (AvgIpc) is 2.97. The van der Waals surface area contributed by atoms with Crippen LogP contribution >= 0.6 is 11.8 Å². The van der Waals surface area contributed by atoms with E-state index in [4.69, 9.17) is 4.74 Å². The molecule has 2 aromatic rings. The fourth-order valence-corrected chi connectivity index (χ4v) is 3.61. The van der Waals surface area contributed by atoms with Crippen LogP contribution in [0.5, 0.6) is 0 Å². The van der Waals surface area contributed by atoms with E-state index in [1.165, 1.54) is 26.0 Å². The summed E-state index contributed by atoms with van der Waals surface area (Å²) in [6, 6.07) is 11.7. The van der Waals surface area contributed by atoms with Crippen LogP contribution in [0.3, 0.4) is 0 Å². The van der Waals surface area contributed by atoms with Crippen LogP contribution in [0.1, 0.15) is 36.6 Å². The van der Waals surface area contributed by atoms with Crippen molar-refractivity contribution in [1.82, 2.24) is 0 Å². The van der Waals surface area contributed by atoms with Gasteiger partial charge in [0.2, 0.25) is 5.78 Å². The number of benzene rings is 2. The highest BCUT2D eigenvalue weighted by atomic mass is 32.2. The number of allylic oxidation sites excluding steroid dienone is 1. The van der Waals surface area contributed by atoms with E-state index in [0.29, 0.717) is 26.5 Å². The van der Waals surface area contributed by atoms with E-state index in [0.717, 1.165) is 5.56 Å². The number of Topliss-reactive ketones (excluding diaryl/α,β-unsaturated/α-hetero) is 1. The number of ketones is 1. The van der Waals surface area contributed by atoms with Crippen molar-refractivity contribution in [3.8, 4) is 0 Å². The van der Waals surface area contributed by atoms with Gasteiger partial charge in [0.05, 0.1) is 30.3 Å². The maximum atomic E-state index is 12.6. The summed E-state index contributed by atoms with van der Waals surface area (Å²) < 4.78 is 9.43. The lowest BCUT2D eigenvalue weighted by Crippen LogP contribution is -2.04. The molecular weight excluding hydrogens is 340 g/mol. The average molecular weight is 354 g/mol. The highest BCUT2D eigenvalue weighted by Crippen LogP contribution is 2.43. The Morgan fingerprint density at radius 1 is 0.960 bits per heavy atom. The third-order valence-electron chi connectivity index (χ3n) is 3.73. The number of hydrogen-bond acceptors (Lipinski definition) is 6. The Morgan fingerprint density at radius 3 is 2.28 bits per heavy atom. The summed E-state index contributed by atoms with van der Waals surface area (Å²) in [6.07, 6.45) is 1.73. The second-order valence-corrected chi connectivity index (χ2v) is 6.28. The zero-order valence-electron chi connectivity index (χ0n) is 13.6. The van der Waals surface area contributed by atoms with Crippen molar-refractivity contribution in [2.24, 2.45) is 0 Å². The van der Waals surface area contributed by atoms with Gasteiger partial charge in [0.1, 0.15) is 0 Å². The standard InChI is InChI=1S/C19H14O5S/c1-23-18(21)12-8-6-11(7-9-12)10-15-16(20)13-4-3-5-14(17(13)25-15)19(22)24-2/h3-10H,1-2H3/b15-10-. The quantitative estimate of drug-likeness (QED) is 0.620. The maximum absolute atomic E-state index is 12.6. The summed E-state index contributed by atoms with van der Waals surface area (Å²) in [5.74, 6) is -1.02. The Bertz CT molecular complexity index is 897. The predicted molar refractivity (Wildman–Crippen MR) is 93.7 cm³/mol. The Labute approximate surface area is 148 Å². The number of esters is 2. The number of hydrogen-bond donors (Lipinski definition) is 0. The topological polar surface area (TPSA) is 69.7 Å². The Hall–Kier alpha value is -2.86. The van der Waals surface area contributed by atoms with E-state index in [1.54, 1.807) is 48.5 Å². The lowest BCUT2D eigenvalue weighted by atomic mass is 10.1. The number of thioether (sulfide) groups is 1. The van der Waals surface area contributed by atoms with Crippen LogP contribution < -0.4 is 0 Å². The summed E-state index contributed by atoms with van der Waals surface area (Å²) in [4.78, 5) is 37.0. The molecule has 0 saturated heterocycles. The monoisotopic (exact) mass is 354 g/mol. The number of carbonyl (C=O) groups is 3. The van der Waals surface area contributed by atoms with Crippen molar-refractivity contribution in [3.05, 3.63) is 69.6 Å². The molecule has 1 aliphatic heterocycles. The van der Waals surface area contributed by atoms with Crippen LogP contribution in [0.4, 0.5) is 0 Å². The summed E-state index contributed by atoms with van der Waals surface area (Å²) in [7, 11) is 2.63. The van der Waals surface area contributed by atoms with E-state index >= 15 is 0 Å². The van der Waals surface area contributed by atoms with E-state index in [1.807, 2.05) is 0 Å². The molecule has 0 spiro atoms. The van der Waals surface area contributed by atoms with Crippen molar-refractivity contribution in [1.29, 1.82) is 0 Å². The molecule has 5 nitrogen and oxygen atoms in total. The van der Waals surface area contributed by atoms with Crippen LogP contribution in [0.2, 0.25) is 0 Å². The molecule has 0 atom stereocenters. The third kappa shape index (κ3) is 3.21. The molecule has 0 fully saturated rings. The number of carbonyl (C=O) groups excluding carboxylic acids is 3. The van der Waals surface area contributed by atoms with E-state index < -0.39 is 11.9 Å². The molecular formula is C19H14O5S. The highest BCUT2D eigenvalue weighted by molar-refractivity contribution is 8.05. The SMILES string of the molecule is COC(=O)c1ccc(/C=C2\Sc3c(C(=O)OC)cccc3C2=O)cc1. The van der Waals surface area contributed by atoms with Gasteiger partial charge in [-0.1, -0.05) is 30.0 Å². The Kier molecular flexibility index (Phi) is 4.72. The van der Waals surface area contributed by atoms with Gasteiger partial charge in [0, 0.05) is 10.5 Å². The lowest BCUT2D eigenvalue weighted by molar-refractivity contribution is 0.0589. The second kappa shape index (κ2) is 6.94. The normalized spacial score (nSPS) is 14.3. The molecule has 0 amide bonds. The fourth-order valence-electron chi connectivity index (χ4n) is 2.47. The van der Waals surface area contributed by atoms with Crippen molar-refractivity contribution in [3.63, 3.8) is 0 Å². The van der Waals surface area contributed by atoms with Crippen molar-refractivity contribution < 1.29 is 23.9 Å². The Morgan fingerprint density at radius 2 is 1.64 bits per heavy atom. The zero-order chi connectivity index (χ0) is 18.0. The molecule has 0 radical (unpaired) electrons. The van der Waals surface area contributed by atoms with E-state index in [9.17, 15) is 14.4 Å². The number of rotatable bonds is 3. The first-order valence-electron chi connectivity index (χ1n) is 7.39. The molecule has 25 heavy (non-hydrogen) atoms. The first kappa shape index (κ1) is 17.0. The minimum Gasteiger partial charge on any atom is -0.465 e. The van der Waals surface area contributed by atoms with Crippen molar-refractivity contribution >= 4 is 35.6 Å². The fraction of sp³-hybridized carbons (Fsp3) is 0.105. The van der Waals surface area contributed by atoms with Crippen LogP contribution in [-0.2, 0) is 9.47 Å². The smallest absolute Gasteiger partial charge is 0.339 e. The maximum Gasteiger partial charge on any atom is 0.339 e. The van der Waals surface area contributed by atoms with Gasteiger partial charge in [-0.05, 0) is 35.9 Å². The molecule has 0 unspecified atom stereocenters. The molecule has 0 aliphatic carbocycles. The van der Waals surface area contributed by atoms with Gasteiger partial charge in [0.15, 0.2) is 0 Å². The molecule has 0 N–H and O–H groups in total. The van der Waals surface area contributed by atoms with Crippen molar-refractivity contribution in [2.45, 2.75) is 4.90 Å². The minimum atomic E-state index is -0.471. The predicted octanol–water partition coefficient (Wildman–Crippen LogP) is 3.59. The van der Waals surface area contributed by atoms with Gasteiger partial charge in [0.25, 0.3) is 0 Å². The third-order valence-corrected chi connectivity index (χ3v) is 4.90. The van der Waals surface area contributed by atoms with Crippen LogP contribution in [0.25, 0.3) is 6.08 Å². The molecule has 0 bridgehead atoms. The van der Waals surface area contributed by atoms with Crippen molar-refractivity contribution in [2.75, 3.05) is 14.2 Å². The van der Waals surface area contributed by atoms with Gasteiger partial charge in [-0.2, -0.15) is 0 Å². The van der Waals surface area contributed by atoms with Crippen LogP contribution in [0, 0.1) is 0 Å². The van der Waals surface area contributed by atoms with Gasteiger partial charge in [-0.15, -0.1) is 0 Å². The molecule has 2 aromatic carbocycles. The summed E-state index contributed by atoms with van der Waals surface area (Å²) in [6.45, 7) is 0. The van der Waals surface area contributed by atoms with Crippen LogP contribution in [0.15, 0.2) is 52.3 Å². The van der Waals surface area contributed by atoms with E-state index in [-0.39, 0.29) is 5.78 Å². The van der Waals surface area contributed by atoms with Gasteiger partial charge in [-0.3, -0.25) is 4.79 Å². The number of methoxy groups -OCH3 is 2. The molecule has 6 heteroatoms. The van der Waals surface area contributed by atoms with E-state index in [2.05, 4.69) is 4.74 Å². The summed E-state index contributed by atoms with van der Waals surface area (Å²) in [5.41, 5.74) is 2.08. The zero-order valence-corrected chi connectivity index (χ0v) is 14.4. The number of fused-ring (bicyclic) bond motifs is 1.